The van der Waals surface area contributed by atoms with Crippen molar-refractivity contribution in [1.29, 1.82) is 0 Å². The number of rotatable bonds is 5. The number of alkyl halides is 3. The van der Waals surface area contributed by atoms with Gasteiger partial charge >= 0.3 is 0 Å². The molecule has 0 spiro atoms. The summed E-state index contributed by atoms with van der Waals surface area (Å²) in [5, 5.41) is 3.75. The average Bonchev–Trinajstić information content (AvgIpc) is 3.06. The number of hydrogen-bond acceptors (Lipinski definition) is 2. The normalized spacial score (nSPS) is 12.5. The molecule has 1 amide bonds. The summed E-state index contributed by atoms with van der Waals surface area (Å²) < 4.78 is 37.7. The Kier molecular flexibility index (Phi) is 4.50. The number of pyridine rings is 1. The Balaban J connectivity index is 1.64. The summed E-state index contributed by atoms with van der Waals surface area (Å²) in [4.78, 5) is 18.7. The smallest absolute Gasteiger partial charge is 0.275 e. The van der Waals surface area contributed by atoms with Crippen molar-refractivity contribution >= 4 is 16.8 Å². The molecular weight excluding hydrogens is 319 g/mol. The molecule has 0 saturated carbocycles. The molecule has 1 atom stereocenters. The number of hydrogen-bond donors (Lipinski definition) is 2. The number of halogens is 3. The molecule has 4 nitrogen and oxygen atoms in total. The lowest BCUT2D eigenvalue weighted by molar-refractivity contribution is 0.0473. The molecule has 1 unspecified atom stereocenters. The van der Waals surface area contributed by atoms with E-state index in [1.807, 2.05) is 30.5 Å². The summed E-state index contributed by atoms with van der Waals surface area (Å²) in [7, 11) is 0. The molecule has 0 aliphatic rings. The maximum Gasteiger partial charge on any atom is 0.275 e. The van der Waals surface area contributed by atoms with Crippen molar-refractivity contribution in [2.24, 2.45) is 0 Å². The number of H-pyrrole nitrogens is 1. The number of nitrogens with zero attached hydrogens (tertiary/aromatic N) is 1. The van der Waals surface area contributed by atoms with Gasteiger partial charge in [0.15, 0.2) is 0 Å². The third-order valence-corrected chi connectivity index (χ3v) is 3.62. The zero-order valence-corrected chi connectivity index (χ0v) is 12.5. The Morgan fingerprint density at radius 1 is 1.17 bits per heavy atom. The van der Waals surface area contributed by atoms with Gasteiger partial charge in [0.25, 0.3) is 12.3 Å². The van der Waals surface area contributed by atoms with Crippen LogP contribution < -0.4 is 5.32 Å². The Labute approximate surface area is 135 Å². The lowest BCUT2D eigenvalue weighted by atomic mass is 10.1. The van der Waals surface area contributed by atoms with Crippen LogP contribution in [0, 0.1) is 0 Å². The van der Waals surface area contributed by atoms with Gasteiger partial charge in [-0.15, -0.1) is 0 Å². The quantitative estimate of drug-likeness (QED) is 0.747. The highest BCUT2D eigenvalue weighted by atomic mass is 19.3. The predicted octanol–water partition coefficient (Wildman–Crippen LogP) is 3.77. The van der Waals surface area contributed by atoms with Crippen molar-refractivity contribution in [2.45, 2.75) is 19.1 Å². The fourth-order valence-corrected chi connectivity index (χ4v) is 2.33. The highest BCUT2D eigenvalue weighted by Crippen LogP contribution is 2.22. The molecular formula is C17H14F3N3O. The molecule has 124 valence electrons. The van der Waals surface area contributed by atoms with Crippen LogP contribution in [0.3, 0.4) is 0 Å². The second-order valence-corrected chi connectivity index (χ2v) is 5.29. The van der Waals surface area contributed by atoms with Gasteiger partial charge in [0.2, 0.25) is 6.17 Å². The molecule has 2 aromatic heterocycles. The second kappa shape index (κ2) is 6.74. The summed E-state index contributed by atoms with van der Waals surface area (Å²) in [5.74, 6) is -0.407. The molecule has 3 aromatic rings. The van der Waals surface area contributed by atoms with E-state index in [1.54, 1.807) is 0 Å². The Hall–Kier alpha value is -2.83. The van der Waals surface area contributed by atoms with E-state index in [0.29, 0.717) is 6.54 Å². The topological polar surface area (TPSA) is 57.8 Å². The standard InChI is InChI=1S/C17H14F3N3O/c18-15(16(19)20)14-4-2-12(9-22-14)17(24)23-8-10-1-3-13-11(7-10)5-6-21-13/h1-7,9,15-16,21H,8H2,(H,23,24). The number of amides is 1. The first-order valence-corrected chi connectivity index (χ1v) is 7.27. The van der Waals surface area contributed by atoms with Gasteiger partial charge in [-0.2, -0.15) is 0 Å². The summed E-state index contributed by atoms with van der Waals surface area (Å²) >= 11 is 0. The van der Waals surface area contributed by atoms with Crippen LogP contribution in [0.5, 0.6) is 0 Å². The van der Waals surface area contributed by atoms with Gasteiger partial charge < -0.3 is 10.3 Å². The molecule has 0 aliphatic heterocycles. The van der Waals surface area contributed by atoms with Crippen LogP contribution in [0.4, 0.5) is 13.2 Å². The second-order valence-electron chi connectivity index (χ2n) is 5.29. The third kappa shape index (κ3) is 3.40. The SMILES string of the molecule is O=C(NCc1ccc2[nH]ccc2c1)c1ccc(C(F)C(F)F)nc1. The Morgan fingerprint density at radius 3 is 2.71 bits per heavy atom. The van der Waals surface area contributed by atoms with E-state index in [9.17, 15) is 18.0 Å². The number of carbonyl (C=O) groups excluding carboxylic acids is 1. The van der Waals surface area contributed by atoms with Crippen molar-refractivity contribution in [3.8, 4) is 0 Å². The van der Waals surface area contributed by atoms with Crippen molar-refractivity contribution in [2.75, 3.05) is 0 Å². The molecule has 0 aliphatic carbocycles. The molecule has 7 heteroatoms. The first-order valence-electron chi connectivity index (χ1n) is 7.27. The first kappa shape index (κ1) is 16.0. The summed E-state index contributed by atoms with van der Waals surface area (Å²) in [5.41, 5.74) is 1.72. The first-order chi connectivity index (χ1) is 11.5. The van der Waals surface area contributed by atoms with Crippen molar-refractivity contribution in [3.05, 3.63) is 65.6 Å². The van der Waals surface area contributed by atoms with Gasteiger partial charge in [0.05, 0.1) is 11.3 Å². The molecule has 0 fully saturated rings. The van der Waals surface area contributed by atoms with Crippen LogP contribution >= 0.6 is 0 Å². The van der Waals surface area contributed by atoms with Crippen LogP contribution in [-0.4, -0.2) is 22.3 Å². The summed E-state index contributed by atoms with van der Waals surface area (Å²) in [6, 6.07) is 10.1. The van der Waals surface area contributed by atoms with Crippen LogP contribution in [0.25, 0.3) is 10.9 Å². The van der Waals surface area contributed by atoms with Gasteiger partial charge in [0.1, 0.15) is 0 Å². The van der Waals surface area contributed by atoms with E-state index >= 15 is 0 Å². The number of fused-ring (bicyclic) bond motifs is 1. The lowest BCUT2D eigenvalue weighted by Crippen LogP contribution is -2.23. The minimum absolute atomic E-state index is 0.183. The maximum absolute atomic E-state index is 13.1. The third-order valence-electron chi connectivity index (χ3n) is 3.62. The van der Waals surface area contributed by atoms with Gasteiger partial charge in [0, 0.05) is 24.5 Å². The lowest BCUT2D eigenvalue weighted by Gasteiger charge is -2.08. The monoisotopic (exact) mass is 333 g/mol. The number of aromatic amines is 1. The summed E-state index contributed by atoms with van der Waals surface area (Å²) in [6.07, 6.45) is -2.66. The van der Waals surface area contributed by atoms with Crippen molar-refractivity contribution in [3.63, 3.8) is 0 Å². The molecule has 0 bridgehead atoms. The van der Waals surface area contributed by atoms with Crippen LogP contribution in [0.2, 0.25) is 0 Å². The molecule has 1 aromatic carbocycles. The minimum atomic E-state index is -3.14. The summed E-state index contributed by atoms with van der Waals surface area (Å²) in [6.45, 7) is 0.310. The molecule has 0 radical (unpaired) electrons. The van der Waals surface area contributed by atoms with Crippen LogP contribution in [-0.2, 0) is 6.54 Å². The fourth-order valence-electron chi connectivity index (χ4n) is 2.33. The van der Waals surface area contributed by atoms with Gasteiger partial charge in [-0.1, -0.05) is 6.07 Å². The highest BCUT2D eigenvalue weighted by Gasteiger charge is 2.22. The van der Waals surface area contributed by atoms with E-state index in [-0.39, 0.29) is 11.3 Å². The maximum atomic E-state index is 13.1. The van der Waals surface area contributed by atoms with Crippen LogP contribution in [0.15, 0.2) is 48.8 Å². The van der Waals surface area contributed by atoms with Gasteiger partial charge in [-0.3, -0.25) is 9.78 Å². The zero-order valence-electron chi connectivity index (χ0n) is 12.5. The Morgan fingerprint density at radius 2 is 2.00 bits per heavy atom. The molecule has 3 rings (SSSR count). The molecule has 24 heavy (non-hydrogen) atoms. The fraction of sp³-hybridized carbons (Fsp3) is 0.176. The molecule has 0 saturated heterocycles. The largest absolute Gasteiger partial charge is 0.361 e. The number of nitrogens with one attached hydrogen (secondary N) is 2. The van der Waals surface area contributed by atoms with E-state index in [4.69, 9.17) is 0 Å². The number of carbonyl (C=O) groups is 1. The Bertz CT molecular complexity index is 846. The average molecular weight is 333 g/mol. The van der Waals surface area contributed by atoms with E-state index < -0.39 is 18.5 Å². The number of benzene rings is 1. The molecule has 2 N–H and O–H groups in total. The van der Waals surface area contributed by atoms with Crippen molar-refractivity contribution < 1.29 is 18.0 Å². The predicted molar refractivity (Wildman–Crippen MR) is 83.6 cm³/mol. The van der Waals surface area contributed by atoms with E-state index in [1.165, 1.54) is 6.07 Å². The van der Waals surface area contributed by atoms with Crippen molar-refractivity contribution in [1.82, 2.24) is 15.3 Å². The minimum Gasteiger partial charge on any atom is -0.361 e. The zero-order chi connectivity index (χ0) is 17.1. The van der Waals surface area contributed by atoms with Gasteiger partial charge in [-0.25, -0.2) is 13.2 Å². The molecule has 2 heterocycles. The van der Waals surface area contributed by atoms with E-state index in [2.05, 4.69) is 15.3 Å². The van der Waals surface area contributed by atoms with E-state index in [0.717, 1.165) is 28.7 Å². The highest BCUT2D eigenvalue weighted by molar-refractivity contribution is 5.93. The van der Waals surface area contributed by atoms with Crippen LogP contribution in [0.1, 0.15) is 27.8 Å². The number of aromatic nitrogens is 2. The van der Waals surface area contributed by atoms with Gasteiger partial charge in [-0.05, 0) is 41.3 Å².